The number of oxazole rings is 1. The summed E-state index contributed by atoms with van der Waals surface area (Å²) in [6, 6.07) is 3.95. The molecule has 1 amide bonds. The first-order valence-electron chi connectivity index (χ1n) is 9.37. The number of nitrogens with zero attached hydrogens (tertiary/aromatic N) is 3. The summed E-state index contributed by atoms with van der Waals surface area (Å²) >= 11 is 0. The zero-order valence-electron chi connectivity index (χ0n) is 14.8. The Hall–Kier alpha value is -2.12. The molecule has 7 nitrogen and oxygen atoms in total. The second kappa shape index (κ2) is 7.63. The van der Waals surface area contributed by atoms with Crippen LogP contribution in [0.25, 0.3) is 0 Å². The molecule has 140 valence electrons. The quantitative estimate of drug-likeness (QED) is 0.853. The first kappa shape index (κ1) is 17.3. The predicted molar refractivity (Wildman–Crippen MR) is 93.2 cm³/mol. The molecule has 4 rings (SSSR count). The predicted octanol–water partition coefficient (Wildman–Crippen LogP) is 2.42. The number of rotatable bonds is 6. The standard InChI is InChI=1S/C19H25N3O4/c23-15-7-8-21(10-15)12-18-20-17(13-26-18)19(24)22(14-4-1-2-5-14)11-16-6-3-9-25-16/h3,6,9,13-15,23H,1-2,4-5,7-8,10-12H2/t15-/m0/s1. The Morgan fingerprint density at radius 1 is 1.31 bits per heavy atom. The fourth-order valence-electron chi connectivity index (χ4n) is 3.93. The van der Waals surface area contributed by atoms with E-state index in [9.17, 15) is 9.90 Å². The molecule has 1 aliphatic carbocycles. The largest absolute Gasteiger partial charge is 0.467 e. The summed E-state index contributed by atoms with van der Waals surface area (Å²) in [5, 5.41) is 9.63. The van der Waals surface area contributed by atoms with E-state index in [-0.39, 0.29) is 18.1 Å². The minimum Gasteiger partial charge on any atom is -0.467 e. The first-order chi connectivity index (χ1) is 12.7. The molecule has 0 radical (unpaired) electrons. The number of aliphatic hydroxyl groups excluding tert-OH is 1. The fraction of sp³-hybridized carbons (Fsp3) is 0.579. The van der Waals surface area contributed by atoms with Gasteiger partial charge in [0.2, 0.25) is 5.89 Å². The highest BCUT2D eigenvalue weighted by Crippen LogP contribution is 2.26. The highest BCUT2D eigenvalue weighted by Gasteiger charge is 2.30. The summed E-state index contributed by atoms with van der Waals surface area (Å²) in [5.74, 6) is 1.19. The maximum atomic E-state index is 13.1. The van der Waals surface area contributed by atoms with E-state index in [1.165, 1.54) is 6.26 Å². The van der Waals surface area contributed by atoms with Crippen molar-refractivity contribution in [1.82, 2.24) is 14.8 Å². The third-order valence-electron chi connectivity index (χ3n) is 5.31. The molecule has 1 saturated heterocycles. The highest BCUT2D eigenvalue weighted by molar-refractivity contribution is 5.92. The van der Waals surface area contributed by atoms with Gasteiger partial charge in [0, 0.05) is 19.1 Å². The molecule has 7 heteroatoms. The lowest BCUT2D eigenvalue weighted by molar-refractivity contribution is 0.0642. The second-order valence-electron chi connectivity index (χ2n) is 7.25. The molecule has 1 atom stereocenters. The van der Waals surface area contributed by atoms with Gasteiger partial charge in [-0.05, 0) is 31.4 Å². The molecular weight excluding hydrogens is 334 g/mol. The summed E-state index contributed by atoms with van der Waals surface area (Å²) in [6.07, 6.45) is 7.90. The number of β-amino-alcohol motifs (C(OH)–C–C–N with tert-alkyl or cyclic N) is 1. The zero-order valence-corrected chi connectivity index (χ0v) is 14.8. The van der Waals surface area contributed by atoms with E-state index in [1.54, 1.807) is 6.26 Å². The van der Waals surface area contributed by atoms with Crippen LogP contribution >= 0.6 is 0 Å². The van der Waals surface area contributed by atoms with E-state index < -0.39 is 0 Å². The molecule has 3 heterocycles. The van der Waals surface area contributed by atoms with Gasteiger partial charge in [0.05, 0.1) is 25.5 Å². The molecular formula is C19H25N3O4. The number of carbonyl (C=O) groups excluding carboxylic acids is 1. The molecule has 0 spiro atoms. The highest BCUT2D eigenvalue weighted by atomic mass is 16.3. The Morgan fingerprint density at radius 2 is 2.15 bits per heavy atom. The molecule has 1 aliphatic heterocycles. The van der Waals surface area contributed by atoms with Gasteiger partial charge in [-0.15, -0.1) is 0 Å². The molecule has 1 saturated carbocycles. The van der Waals surface area contributed by atoms with Crippen molar-refractivity contribution in [2.45, 2.75) is 57.3 Å². The number of furan rings is 1. The molecule has 0 aromatic carbocycles. The van der Waals surface area contributed by atoms with Gasteiger partial charge in [-0.3, -0.25) is 9.69 Å². The van der Waals surface area contributed by atoms with Crippen molar-refractivity contribution in [3.63, 3.8) is 0 Å². The van der Waals surface area contributed by atoms with Crippen LogP contribution in [-0.4, -0.2) is 51.0 Å². The Morgan fingerprint density at radius 3 is 2.85 bits per heavy atom. The van der Waals surface area contributed by atoms with Crippen LogP contribution in [0.3, 0.4) is 0 Å². The molecule has 2 aromatic heterocycles. The van der Waals surface area contributed by atoms with E-state index in [2.05, 4.69) is 9.88 Å². The van der Waals surface area contributed by atoms with Gasteiger partial charge in [-0.25, -0.2) is 4.98 Å². The minimum atomic E-state index is -0.280. The molecule has 0 bridgehead atoms. The lowest BCUT2D eigenvalue weighted by Crippen LogP contribution is -2.38. The number of aromatic nitrogens is 1. The van der Waals surface area contributed by atoms with E-state index in [1.807, 2.05) is 17.0 Å². The van der Waals surface area contributed by atoms with Crippen molar-refractivity contribution in [2.24, 2.45) is 0 Å². The second-order valence-corrected chi connectivity index (χ2v) is 7.25. The molecule has 1 N–H and O–H groups in total. The third kappa shape index (κ3) is 3.83. The lowest BCUT2D eigenvalue weighted by Gasteiger charge is -2.27. The lowest BCUT2D eigenvalue weighted by atomic mass is 10.2. The molecule has 2 aromatic rings. The van der Waals surface area contributed by atoms with Gasteiger partial charge < -0.3 is 18.8 Å². The van der Waals surface area contributed by atoms with Crippen molar-refractivity contribution < 1.29 is 18.7 Å². The van der Waals surface area contributed by atoms with Crippen LogP contribution in [0.4, 0.5) is 0 Å². The maximum Gasteiger partial charge on any atom is 0.276 e. The summed E-state index contributed by atoms with van der Waals surface area (Å²) in [7, 11) is 0. The van der Waals surface area contributed by atoms with Crippen molar-refractivity contribution in [3.8, 4) is 0 Å². The Labute approximate surface area is 152 Å². The maximum absolute atomic E-state index is 13.1. The third-order valence-corrected chi connectivity index (χ3v) is 5.31. The van der Waals surface area contributed by atoms with Crippen LogP contribution in [0.2, 0.25) is 0 Å². The minimum absolute atomic E-state index is 0.107. The van der Waals surface area contributed by atoms with Gasteiger partial charge in [0.1, 0.15) is 12.0 Å². The number of carbonyl (C=O) groups is 1. The average molecular weight is 359 g/mol. The van der Waals surface area contributed by atoms with Crippen LogP contribution in [0.15, 0.2) is 33.5 Å². The van der Waals surface area contributed by atoms with E-state index in [0.29, 0.717) is 31.2 Å². The zero-order chi connectivity index (χ0) is 17.9. The summed E-state index contributed by atoms with van der Waals surface area (Å²) in [4.78, 5) is 21.4. The van der Waals surface area contributed by atoms with E-state index in [4.69, 9.17) is 8.83 Å². The van der Waals surface area contributed by atoms with Crippen LogP contribution in [0, 0.1) is 0 Å². The summed E-state index contributed by atoms with van der Waals surface area (Å²) in [5.41, 5.74) is 0.346. The summed E-state index contributed by atoms with van der Waals surface area (Å²) < 4.78 is 11.0. The van der Waals surface area contributed by atoms with Crippen molar-refractivity contribution in [2.75, 3.05) is 13.1 Å². The van der Waals surface area contributed by atoms with Gasteiger partial charge in [-0.2, -0.15) is 0 Å². The van der Waals surface area contributed by atoms with Crippen LogP contribution < -0.4 is 0 Å². The Kier molecular flexibility index (Phi) is 5.08. The number of hydrogen-bond donors (Lipinski definition) is 1. The number of aliphatic hydroxyl groups is 1. The molecule has 26 heavy (non-hydrogen) atoms. The first-order valence-corrected chi connectivity index (χ1v) is 9.37. The van der Waals surface area contributed by atoms with Crippen LogP contribution in [-0.2, 0) is 13.1 Å². The SMILES string of the molecule is O=C(c1coc(CN2CC[C@H](O)C2)n1)N(Cc1ccco1)C1CCCC1. The monoisotopic (exact) mass is 359 g/mol. The van der Waals surface area contributed by atoms with E-state index in [0.717, 1.165) is 44.4 Å². The Balaban J connectivity index is 1.46. The van der Waals surface area contributed by atoms with Crippen LogP contribution in [0.5, 0.6) is 0 Å². The van der Waals surface area contributed by atoms with Crippen molar-refractivity contribution in [1.29, 1.82) is 0 Å². The van der Waals surface area contributed by atoms with Crippen molar-refractivity contribution >= 4 is 5.91 Å². The smallest absolute Gasteiger partial charge is 0.276 e. The molecule has 0 unspecified atom stereocenters. The normalized spacial score (nSPS) is 21.5. The average Bonchev–Trinajstić information content (AvgIpc) is 3.41. The molecule has 2 aliphatic rings. The topological polar surface area (TPSA) is 83.0 Å². The van der Waals surface area contributed by atoms with Gasteiger partial charge in [0.25, 0.3) is 5.91 Å². The summed E-state index contributed by atoms with van der Waals surface area (Å²) in [6.45, 7) is 2.42. The van der Waals surface area contributed by atoms with Crippen molar-refractivity contribution in [3.05, 3.63) is 42.0 Å². The number of amides is 1. The van der Waals surface area contributed by atoms with Gasteiger partial charge in [0.15, 0.2) is 5.69 Å². The number of likely N-dealkylation sites (tertiary alicyclic amines) is 1. The number of hydrogen-bond acceptors (Lipinski definition) is 6. The Bertz CT molecular complexity index is 721. The molecule has 2 fully saturated rings. The fourth-order valence-corrected chi connectivity index (χ4v) is 3.93. The van der Waals surface area contributed by atoms with Gasteiger partial charge >= 0.3 is 0 Å². The van der Waals surface area contributed by atoms with Gasteiger partial charge in [-0.1, -0.05) is 12.8 Å². The van der Waals surface area contributed by atoms with E-state index >= 15 is 0 Å². The van der Waals surface area contributed by atoms with Crippen LogP contribution in [0.1, 0.15) is 54.2 Å².